The molecule has 4 N–H and O–H groups in total. The molecule has 2 saturated carbocycles. The van der Waals surface area contributed by atoms with Crippen LogP contribution in [0.5, 0.6) is 5.75 Å². The Kier molecular flexibility index (Phi) is 4.40. The van der Waals surface area contributed by atoms with E-state index in [4.69, 9.17) is 5.73 Å². The zero-order valence-electron chi connectivity index (χ0n) is 15.0. The number of Topliss-reactive ketones (excluding diaryl/α,β-unsaturated/α-hetero) is 1. The number of ketones is 1. The molecule has 2 aliphatic carbocycles. The summed E-state index contributed by atoms with van der Waals surface area (Å²) in [7, 11) is 0. The highest BCUT2D eigenvalue weighted by Gasteiger charge is 2.60. The first-order valence-corrected chi connectivity index (χ1v) is 9.16. The number of carbonyl (C=O) groups excluding carboxylic acids is 2. The summed E-state index contributed by atoms with van der Waals surface area (Å²) >= 11 is 0. The molecule has 2 aliphatic rings. The molecule has 0 aliphatic heterocycles. The third-order valence-corrected chi connectivity index (χ3v) is 6.56. The van der Waals surface area contributed by atoms with Crippen molar-refractivity contribution >= 4 is 11.7 Å². The molecule has 0 heterocycles. The fourth-order valence-corrected chi connectivity index (χ4v) is 5.21. The summed E-state index contributed by atoms with van der Waals surface area (Å²) in [4.78, 5) is 24.1. The van der Waals surface area contributed by atoms with E-state index >= 15 is 0 Å². The predicted octanol–water partition coefficient (Wildman–Crippen LogP) is 2.60. The van der Waals surface area contributed by atoms with Crippen LogP contribution in [0.15, 0.2) is 12.1 Å². The smallest absolute Gasteiger partial charge is 0.252 e. The van der Waals surface area contributed by atoms with Crippen LogP contribution in [0.25, 0.3) is 0 Å². The lowest BCUT2D eigenvalue weighted by Gasteiger charge is -2.57. The molecule has 0 aromatic heterocycles. The molecule has 1 amide bonds. The van der Waals surface area contributed by atoms with E-state index < -0.39 is 16.9 Å². The van der Waals surface area contributed by atoms with Gasteiger partial charge in [-0.1, -0.05) is 26.3 Å². The van der Waals surface area contributed by atoms with E-state index in [0.717, 1.165) is 18.4 Å². The van der Waals surface area contributed by atoms with E-state index in [2.05, 4.69) is 0 Å². The highest BCUT2D eigenvalue weighted by Crippen LogP contribution is 2.58. The van der Waals surface area contributed by atoms with Crippen LogP contribution < -0.4 is 5.73 Å². The van der Waals surface area contributed by atoms with E-state index in [9.17, 15) is 19.8 Å². The van der Waals surface area contributed by atoms with Crippen LogP contribution in [-0.4, -0.2) is 27.5 Å². The van der Waals surface area contributed by atoms with E-state index in [-0.39, 0.29) is 29.4 Å². The van der Waals surface area contributed by atoms with Crippen LogP contribution in [0.4, 0.5) is 0 Å². The molecular weight excluding hydrogens is 318 g/mol. The van der Waals surface area contributed by atoms with Gasteiger partial charge in [-0.15, -0.1) is 0 Å². The molecule has 2 fully saturated rings. The predicted molar refractivity (Wildman–Crippen MR) is 94.5 cm³/mol. The van der Waals surface area contributed by atoms with E-state index in [1.807, 2.05) is 13.8 Å². The summed E-state index contributed by atoms with van der Waals surface area (Å²) in [5.41, 5.74) is 5.01. The summed E-state index contributed by atoms with van der Waals surface area (Å²) in [6.07, 6.45) is 4.00. The quantitative estimate of drug-likeness (QED) is 0.784. The maximum atomic E-state index is 12.4. The Morgan fingerprint density at radius 3 is 2.72 bits per heavy atom. The van der Waals surface area contributed by atoms with E-state index in [1.165, 1.54) is 6.07 Å². The molecule has 0 spiro atoms. The Hall–Kier alpha value is -1.88. The number of benzene rings is 1. The van der Waals surface area contributed by atoms with Crippen molar-refractivity contribution in [2.45, 2.75) is 69.8 Å². The standard InChI is InChI=1S/C20H27NO4/c1-3-13-6-7-15(18(21)24)17(23)16(13)19-9-4-5-12(2)20(19,25)10-8-14(22)11-19/h6-7,12,23,25H,3-5,8-11H2,1-2H3,(H2,21,24)/t12-,19?,20+/m0/s1. The van der Waals surface area contributed by atoms with Crippen molar-refractivity contribution in [2.75, 3.05) is 0 Å². The van der Waals surface area contributed by atoms with Crippen molar-refractivity contribution < 1.29 is 19.8 Å². The summed E-state index contributed by atoms with van der Waals surface area (Å²) in [6, 6.07) is 3.33. The number of nitrogens with two attached hydrogens (primary N) is 1. The van der Waals surface area contributed by atoms with Gasteiger partial charge in [0, 0.05) is 23.8 Å². The highest BCUT2D eigenvalue weighted by atomic mass is 16.3. The third kappa shape index (κ3) is 2.48. The average molecular weight is 345 g/mol. The van der Waals surface area contributed by atoms with Crippen molar-refractivity contribution in [3.63, 3.8) is 0 Å². The number of aromatic hydroxyl groups is 1. The van der Waals surface area contributed by atoms with Gasteiger partial charge in [-0.25, -0.2) is 0 Å². The van der Waals surface area contributed by atoms with E-state index in [1.54, 1.807) is 6.07 Å². The lowest BCUT2D eigenvalue weighted by Crippen LogP contribution is -2.61. The topological polar surface area (TPSA) is 101 Å². The van der Waals surface area contributed by atoms with Crippen LogP contribution in [0.1, 0.15) is 73.9 Å². The summed E-state index contributed by atoms with van der Waals surface area (Å²) < 4.78 is 0. The van der Waals surface area contributed by atoms with Crippen molar-refractivity contribution in [1.29, 1.82) is 0 Å². The number of hydrogen-bond donors (Lipinski definition) is 3. The van der Waals surface area contributed by atoms with Gasteiger partial charge in [0.05, 0.1) is 11.2 Å². The summed E-state index contributed by atoms with van der Waals surface area (Å²) in [6.45, 7) is 3.99. The van der Waals surface area contributed by atoms with Gasteiger partial charge in [-0.05, 0) is 43.2 Å². The molecule has 1 aromatic rings. The SMILES string of the molecule is CCc1ccc(C(N)=O)c(O)c1C12CCC[C@H](C)[C@]1(O)CCC(=O)C2. The van der Waals surface area contributed by atoms with Gasteiger partial charge in [0.2, 0.25) is 0 Å². The first-order valence-electron chi connectivity index (χ1n) is 9.16. The Balaban J connectivity index is 2.32. The molecule has 0 saturated heterocycles. The van der Waals surface area contributed by atoms with Crippen LogP contribution in [0, 0.1) is 5.92 Å². The monoisotopic (exact) mass is 345 g/mol. The molecule has 0 bridgehead atoms. The van der Waals surface area contributed by atoms with E-state index in [0.29, 0.717) is 31.2 Å². The van der Waals surface area contributed by atoms with Crippen molar-refractivity contribution in [3.8, 4) is 5.75 Å². The average Bonchev–Trinajstić information content (AvgIpc) is 2.56. The third-order valence-electron chi connectivity index (χ3n) is 6.56. The first kappa shape index (κ1) is 17.9. The number of primary amides is 1. The molecular formula is C20H27NO4. The van der Waals surface area contributed by atoms with Gasteiger partial charge in [-0.3, -0.25) is 9.59 Å². The number of aliphatic hydroxyl groups is 1. The maximum Gasteiger partial charge on any atom is 0.252 e. The van der Waals surface area contributed by atoms with Gasteiger partial charge in [-0.2, -0.15) is 0 Å². The minimum Gasteiger partial charge on any atom is -0.507 e. The van der Waals surface area contributed by atoms with Crippen molar-refractivity contribution in [2.24, 2.45) is 11.7 Å². The number of phenols is 1. The molecule has 1 aromatic carbocycles. The highest BCUT2D eigenvalue weighted by molar-refractivity contribution is 5.96. The molecule has 3 atom stereocenters. The second-order valence-electron chi connectivity index (χ2n) is 7.73. The lowest BCUT2D eigenvalue weighted by molar-refractivity contribution is -0.153. The maximum absolute atomic E-state index is 12.4. The zero-order valence-corrected chi connectivity index (χ0v) is 15.0. The fourth-order valence-electron chi connectivity index (χ4n) is 5.21. The number of hydrogen-bond acceptors (Lipinski definition) is 4. The molecule has 0 radical (unpaired) electrons. The van der Waals surface area contributed by atoms with Crippen LogP contribution in [0.2, 0.25) is 0 Å². The lowest BCUT2D eigenvalue weighted by atomic mass is 9.49. The van der Waals surface area contributed by atoms with Gasteiger partial charge in [0.1, 0.15) is 11.5 Å². The molecule has 1 unspecified atom stereocenters. The van der Waals surface area contributed by atoms with Crippen LogP contribution in [0.3, 0.4) is 0 Å². The molecule has 5 nitrogen and oxygen atoms in total. The minimum atomic E-state index is -1.06. The van der Waals surface area contributed by atoms with Crippen LogP contribution in [-0.2, 0) is 16.6 Å². The van der Waals surface area contributed by atoms with Gasteiger partial charge < -0.3 is 15.9 Å². The van der Waals surface area contributed by atoms with Gasteiger partial charge >= 0.3 is 0 Å². The number of aryl methyl sites for hydroxylation is 1. The van der Waals surface area contributed by atoms with Crippen molar-refractivity contribution in [3.05, 3.63) is 28.8 Å². The normalized spacial score (nSPS) is 32.3. The second kappa shape index (κ2) is 6.13. The zero-order chi connectivity index (χ0) is 18.4. The second-order valence-corrected chi connectivity index (χ2v) is 7.73. The van der Waals surface area contributed by atoms with Gasteiger partial charge in [0.25, 0.3) is 5.91 Å². The van der Waals surface area contributed by atoms with Gasteiger partial charge in [0.15, 0.2) is 0 Å². The number of rotatable bonds is 3. The van der Waals surface area contributed by atoms with Crippen LogP contribution >= 0.6 is 0 Å². The summed E-state index contributed by atoms with van der Waals surface area (Å²) in [5.74, 6) is -0.734. The largest absolute Gasteiger partial charge is 0.507 e. The number of carbonyl (C=O) groups is 2. The Morgan fingerprint density at radius 1 is 1.36 bits per heavy atom. The molecule has 136 valence electrons. The Labute approximate surface area is 148 Å². The minimum absolute atomic E-state index is 0.0238. The summed E-state index contributed by atoms with van der Waals surface area (Å²) in [5, 5.41) is 22.6. The number of amides is 1. The molecule has 5 heteroatoms. The first-order chi connectivity index (χ1) is 11.8. The van der Waals surface area contributed by atoms with Crippen molar-refractivity contribution in [1.82, 2.24) is 0 Å². The Bertz CT molecular complexity index is 729. The number of fused-ring (bicyclic) bond motifs is 1. The molecule has 3 rings (SSSR count). The fraction of sp³-hybridized carbons (Fsp3) is 0.600. The Morgan fingerprint density at radius 2 is 2.08 bits per heavy atom. The molecule has 25 heavy (non-hydrogen) atoms.